The minimum Gasteiger partial charge on any atom is -0.478 e. The van der Waals surface area contributed by atoms with Gasteiger partial charge in [-0.3, -0.25) is 24.8 Å². The molecule has 0 unspecified atom stereocenters. The Morgan fingerprint density at radius 3 is 1.82 bits per heavy atom. The number of benzene rings is 2. The van der Waals surface area contributed by atoms with Crippen LogP contribution in [0.5, 0.6) is 0 Å². The lowest BCUT2D eigenvalue weighted by Crippen LogP contribution is -2.39. The summed E-state index contributed by atoms with van der Waals surface area (Å²) >= 11 is 0. The van der Waals surface area contributed by atoms with E-state index in [4.69, 9.17) is 5.41 Å². The predicted molar refractivity (Wildman–Crippen MR) is 156 cm³/mol. The Bertz CT molecular complexity index is 1560. The number of carbonyl (C=O) groups is 2. The van der Waals surface area contributed by atoms with E-state index in [2.05, 4.69) is 29.5 Å². The first-order chi connectivity index (χ1) is 19.2. The van der Waals surface area contributed by atoms with Crippen LogP contribution in [0.25, 0.3) is 21.5 Å². The van der Waals surface area contributed by atoms with E-state index in [0.717, 1.165) is 64.2 Å². The molecule has 5 N–H and O–H groups in total. The summed E-state index contributed by atoms with van der Waals surface area (Å²) < 4.78 is 0. The van der Waals surface area contributed by atoms with Gasteiger partial charge < -0.3 is 15.7 Å². The molecule has 2 aliphatic carbocycles. The third-order valence-corrected chi connectivity index (χ3v) is 9.26. The van der Waals surface area contributed by atoms with Gasteiger partial charge in [0.25, 0.3) is 17.0 Å². The van der Waals surface area contributed by atoms with Crippen molar-refractivity contribution in [2.75, 3.05) is 0 Å². The van der Waals surface area contributed by atoms with Crippen molar-refractivity contribution < 1.29 is 14.7 Å². The molecule has 2 aliphatic rings. The van der Waals surface area contributed by atoms with Crippen LogP contribution in [0.15, 0.2) is 27.8 Å². The minimum absolute atomic E-state index is 0.000405. The molecular weight excluding hydrogens is 508 g/mol. The third-order valence-electron chi connectivity index (χ3n) is 9.26. The van der Waals surface area contributed by atoms with Crippen molar-refractivity contribution in [3.63, 3.8) is 0 Å². The number of rotatable bonds is 7. The number of aromatic nitrogens is 1. The molecule has 2 bridgehead atoms. The van der Waals surface area contributed by atoms with Crippen LogP contribution in [0.2, 0.25) is 0 Å². The summed E-state index contributed by atoms with van der Waals surface area (Å²) in [5, 5.41) is 26.1. The maximum absolute atomic E-state index is 13.7. The van der Waals surface area contributed by atoms with E-state index >= 15 is 0 Å². The number of H-pyrrole nitrogens is 1. The Morgan fingerprint density at radius 1 is 0.825 bits per heavy atom. The number of carboxylic acids is 1. The molecule has 0 radical (unpaired) electrons. The van der Waals surface area contributed by atoms with Crippen LogP contribution in [0, 0.1) is 17.2 Å². The van der Waals surface area contributed by atoms with Crippen molar-refractivity contribution >= 4 is 39.3 Å². The lowest BCUT2D eigenvalue weighted by atomic mass is 9.84. The molecule has 1 amide bonds. The van der Waals surface area contributed by atoms with E-state index in [1.807, 2.05) is 0 Å². The summed E-state index contributed by atoms with van der Waals surface area (Å²) in [5.41, 5.74) is -1.51. The lowest BCUT2D eigenvalue weighted by molar-refractivity contribution is 0.0696. The highest BCUT2D eigenvalue weighted by Crippen LogP contribution is 2.34. The highest BCUT2D eigenvalue weighted by molar-refractivity contribution is 6.27. The quantitative estimate of drug-likeness (QED) is 0.213. The monoisotopic (exact) mass is 546 g/mol. The van der Waals surface area contributed by atoms with Gasteiger partial charge in [-0.1, -0.05) is 26.7 Å². The van der Waals surface area contributed by atoms with Crippen LogP contribution in [0.3, 0.4) is 0 Å². The van der Waals surface area contributed by atoms with Crippen molar-refractivity contribution in [1.82, 2.24) is 15.6 Å². The van der Waals surface area contributed by atoms with E-state index in [-0.39, 0.29) is 56.2 Å². The molecule has 2 heterocycles. The summed E-state index contributed by atoms with van der Waals surface area (Å²) in [7, 11) is 0. The second-order valence-corrected chi connectivity index (χ2v) is 11.6. The van der Waals surface area contributed by atoms with Crippen molar-refractivity contribution in [2.24, 2.45) is 11.8 Å². The topological polar surface area (TPSA) is 152 Å². The molecule has 40 heavy (non-hydrogen) atoms. The van der Waals surface area contributed by atoms with Crippen molar-refractivity contribution in [1.29, 1.82) is 5.41 Å². The highest BCUT2D eigenvalue weighted by atomic mass is 16.4. The molecule has 0 aliphatic heterocycles. The van der Waals surface area contributed by atoms with Crippen LogP contribution < -0.4 is 21.8 Å². The minimum atomic E-state index is -1.31. The Hall–Kier alpha value is -3.75. The van der Waals surface area contributed by atoms with Crippen LogP contribution >= 0.6 is 0 Å². The van der Waals surface area contributed by atoms with Gasteiger partial charge in [0.15, 0.2) is 0 Å². The number of carbonyl (C=O) groups excluding carboxylic acids is 1. The van der Waals surface area contributed by atoms with Gasteiger partial charge in [0, 0.05) is 44.8 Å². The average Bonchev–Trinajstić information content (AvgIpc) is 3.16. The van der Waals surface area contributed by atoms with Gasteiger partial charge in [0.05, 0.1) is 5.56 Å². The maximum Gasteiger partial charge on any atom is 0.336 e. The summed E-state index contributed by atoms with van der Waals surface area (Å²) in [6.07, 6.45) is 9.67. The fourth-order valence-corrected chi connectivity index (χ4v) is 6.76. The first kappa shape index (κ1) is 27.8. The van der Waals surface area contributed by atoms with E-state index in [1.165, 1.54) is 18.2 Å². The molecule has 2 aromatic heterocycles. The number of hydrogen-bond donors (Lipinski definition) is 5. The number of fused-ring (bicyclic) bond motifs is 3. The standard InChI is InChI=1S/C31H38N4O5/c1-3-16-5-9-18(10-6-16)33-27(32)26-23(31(39)40)15-22(30(38)34-19-11-7-17(4-2)8-12-19)24-20-13-14-21(25(24)26)29(37)35-28(20)36/h13-19H,3-12H2,1-2H3,(H2,32,33)(H,34,38)(H,39,40)(H,35,36,37)/t16-,17-,18-,19-. The number of nitrogens with one attached hydrogen (secondary N) is 4. The predicted octanol–water partition coefficient (Wildman–Crippen LogP) is 4.76. The SMILES string of the molecule is CC[C@H]1CC[C@H](NC(=N)c2c(C(=O)O)cc(C(=O)N[C@H]3CC[C@H](CC)CC3)c3c4ccc(c(=O)[nH]c4=O)c23)CC1. The summed E-state index contributed by atoms with van der Waals surface area (Å²) in [6, 6.07) is 4.19. The Morgan fingerprint density at radius 2 is 1.32 bits per heavy atom. The Labute approximate surface area is 232 Å². The van der Waals surface area contributed by atoms with Gasteiger partial charge in [0.1, 0.15) is 5.84 Å². The molecular formula is C31H38N4O5. The fourth-order valence-electron chi connectivity index (χ4n) is 6.76. The lowest BCUT2D eigenvalue weighted by Gasteiger charge is -2.30. The summed E-state index contributed by atoms with van der Waals surface area (Å²) in [4.78, 5) is 54.7. The highest BCUT2D eigenvalue weighted by Gasteiger charge is 2.30. The number of hydrogen-bond acceptors (Lipinski definition) is 5. The zero-order valence-electron chi connectivity index (χ0n) is 23.2. The second-order valence-electron chi connectivity index (χ2n) is 11.6. The summed E-state index contributed by atoms with van der Waals surface area (Å²) in [5.74, 6) is -0.613. The van der Waals surface area contributed by atoms with E-state index in [9.17, 15) is 24.3 Å². The molecule has 0 saturated heterocycles. The van der Waals surface area contributed by atoms with Crippen molar-refractivity contribution in [2.45, 2.75) is 90.1 Å². The van der Waals surface area contributed by atoms with Crippen molar-refractivity contribution in [3.8, 4) is 0 Å². The number of amides is 1. The zero-order chi connectivity index (χ0) is 28.6. The van der Waals surface area contributed by atoms with Crippen LogP contribution in [0.1, 0.15) is 104 Å². The van der Waals surface area contributed by atoms with Gasteiger partial charge in [-0.05, 0) is 81.4 Å². The van der Waals surface area contributed by atoms with Gasteiger partial charge >= 0.3 is 5.97 Å². The molecule has 212 valence electrons. The smallest absolute Gasteiger partial charge is 0.336 e. The normalized spacial score (nSPS) is 23.2. The molecule has 0 spiro atoms. The van der Waals surface area contributed by atoms with Crippen LogP contribution in [0.4, 0.5) is 0 Å². The number of aromatic carboxylic acids is 1. The fraction of sp³-hybridized carbons (Fsp3) is 0.516. The molecule has 6 rings (SSSR count). The Kier molecular flexibility index (Phi) is 7.92. The Balaban J connectivity index is 1.63. The molecule has 4 aromatic rings. The van der Waals surface area contributed by atoms with Gasteiger partial charge in [-0.15, -0.1) is 0 Å². The number of carboxylic acid groups (broad SMARTS) is 1. The summed E-state index contributed by atoms with van der Waals surface area (Å²) in [6.45, 7) is 4.34. The second kappa shape index (κ2) is 11.4. The first-order valence-electron chi connectivity index (χ1n) is 14.6. The van der Waals surface area contributed by atoms with Gasteiger partial charge in [-0.2, -0.15) is 0 Å². The largest absolute Gasteiger partial charge is 0.478 e. The van der Waals surface area contributed by atoms with Crippen LogP contribution in [-0.2, 0) is 0 Å². The van der Waals surface area contributed by atoms with E-state index in [0.29, 0.717) is 11.8 Å². The average molecular weight is 547 g/mol. The van der Waals surface area contributed by atoms with Crippen molar-refractivity contribution in [3.05, 3.63) is 55.6 Å². The van der Waals surface area contributed by atoms with E-state index in [1.54, 1.807) is 0 Å². The molecule has 2 aromatic carbocycles. The van der Waals surface area contributed by atoms with E-state index < -0.39 is 23.0 Å². The maximum atomic E-state index is 13.7. The first-order valence-corrected chi connectivity index (χ1v) is 14.6. The number of aromatic amines is 1. The molecule has 9 heteroatoms. The van der Waals surface area contributed by atoms with Crippen LogP contribution in [-0.4, -0.2) is 39.9 Å². The van der Waals surface area contributed by atoms with Gasteiger partial charge in [0.2, 0.25) is 0 Å². The van der Waals surface area contributed by atoms with Gasteiger partial charge in [-0.25, -0.2) is 4.79 Å². The number of amidine groups is 1. The molecule has 9 nitrogen and oxygen atoms in total. The molecule has 0 atom stereocenters. The third kappa shape index (κ3) is 5.21. The molecule has 2 fully saturated rings. The molecule has 2 saturated carbocycles. The zero-order valence-corrected chi connectivity index (χ0v) is 23.2.